The molecule has 2 aliphatic rings. The zero-order chi connectivity index (χ0) is 18.0. The summed E-state index contributed by atoms with van der Waals surface area (Å²) in [6.07, 6.45) is 2.18. The van der Waals surface area contributed by atoms with Crippen molar-refractivity contribution in [3.05, 3.63) is 23.9 Å². The lowest BCUT2D eigenvalue weighted by Gasteiger charge is -2.35. The van der Waals surface area contributed by atoms with Crippen molar-refractivity contribution in [3.8, 4) is 0 Å². The Morgan fingerprint density at radius 1 is 1.32 bits per heavy atom. The van der Waals surface area contributed by atoms with E-state index in [2.05, 4.69) is 21.7 Å². The fourth-order valence-electron chi connectivity index (χ4n) is 3.47. The summed E-state index contributed by atoms with van der Waals surface area (Å²) >= 11 is 0. The summed E-state index contributed by atoms with van der Waals surface area (Å²) in [6.45, 7) is 7.00. The van der Waals surface area contributed by atoms with Crippen molar-refractivity contribution in [3.63, 3.8) is 0 Å². The van der Waals surface area contributed by atoms with Gasteiger partial charge in [0, 0.05) is 51.0 Å². The Morgan fingerprint density at radius 3 is 2.64 bits per heavy atom. The third-order valence-corrected chi connectivity index (χ3v) is 6.96. The summed E-state index contributed by atoms with van der Waals surface area (Å²) in [4.78, 5) is 23.3. The fourth-order valence-corrected chi connectivity index (χ4v) is 5.24. The molecule has 0 bridgehead atoms. The molecule has 7 nitrogen and oxygen atoms in total. The van der Waals surface area contributed by atoms with E-state index in [1.165, 1.54) is 0 Å². The van der Waals surface area contributed by atoms with Crippen LogP contribution < -0.4 is 4.90 Å². The van der Waals surface area contributed by atoms with Crippen molar-refractivity contribution in [1.82, 2.24) is 14.8 Å². The van der Waals surface area contributed by atoms with Crippen LogP contribution in [0.15, 0.2) is 18.3 Å². The van der Waals surface area contributed by atoms with E-state index in [1.807, 2.05) is 6.07 Å². The number of aromatic nitrogens is 1. The van der Waals surface area contributed by atoms with Crippen molar-refractivity contribution in [2.75, 3.05) is 56.2 Å². The molecule has 0 spiro atoms. The highest BCUT2D eigenvalue weighted by Gasteiger charge is 2.33. The number of hydrogen-bond donors (Lipinski definition) is 0. The average molecular weight is 366 g/mol. The smallest absolute Gasteiger partial charge is 0.254 e. The highest BCUT2D eigenvalue weighted by Crippen LogP contribution is 2.20. The largest absolute Gasteiger partial charge is 0.354 e. The first-order valence-corrected chi connectivity index (χ1v) is 10.6. The number of carbonyl (C=O) groups is 1. The maximum atomic E-state index is 12.8. The number of piperazine rings is 1. The van der Waals surface area contributed by atoms with Crippen molar-refractivity contribution < 1.29 is 13.2 Å². The molecular weight excluding hydrogens is 340 g/mol. The Morgan fingerprint density at radius 2 is 2.04 bits per heavy atom. The van der Waals surface area contributed by atoms with Crippen molar-refractivity contribution in [1.29, 1.82) is 0 Å². The van der Waals surface area contributed by atoms with Gasteiger partial charge in [0.15, 0.2) is 9.84 Å². The third kappa shape index (κ3) is 4.12. The second-order valence-electron chi connectivity index (χ2n) is 6.80. The van der Waals surface area contributed by atoms with Crippen molar-refractivity contribution >= 4 is 21.6 Å². The number of carbonyl (C=O) groups excluding carboxylic acids is 1. The van der Waals surface area contributed by atoms with Gasteiger partial charge in [-0.2, -0.15) is 0 Å². The van der Waals surface area contributed by atoms with E-state index < -0.39 is 9.84 Å². The molecular formula is C17H26N4O3S. The minimum Gasteiger partial charge on any atom is -0.354 e. The molecule has 0 aromatic carbocycles. The van der Waals surface area contributed by atoms with E-state index in [4.69, 9.17) is 0 Å². The standard InChI is InChI=1S/C17H26N4O3S/c1-3-20-7-9-21(10-8-20)16-12-14(4-6-18-16)17(22)19(2)15-5-11-25(23,24)13-15/h4,6,12,15H,3,5,7-11,13H2,1-2H3. The molecule has 138 valence electrons. The molecule has 3 heterocycles. The Hall–Kier alpha value is -1.67. The SMILES string of the molecule is CCN1CCN(c2cc(C(=O)N(C)C3CCS(=O)(=O)C3)ccn2)CC1. The minimum atomic E-state index is -3.01. The van der Waals surface area contributed by atoms with Gasteiger partial charge in [0.1, 0.15) is 5.82 Å². The van der Waals surface area contributed by atoms with Gasteiger partial charge >= 0.3 is 0 Å². The molecule has 2 aliphatic heterocycles. The predicted molar refractivity (Wildman–Crippen MR) is 97.7 cm³/mol. The van der Waals surface area contributed by atoms with Crippen LogP contribution in [0.25, 0.3) is 0 Å². The minimum absolute atomic E-state index is 0.0617. The molecule has 1 atom stereocenters. The summed E-state index contributed by atoms with van der Waals surface area (Å²) in [5.74, 6) is 0.900. The van der Waals surface area contributed by atoms with Crippen LogP contribution in [0.2, 0.25) is 0 Å². The van der Waals surface area contributed by atoms with Gasteiger partial charge in [0.05, 0.1) is 11.5 Å². The number of amides is 1. The lowest BCUT2D eigenvalue weighted by atomic mass is 10.1. The first kappa shape index (κ1) is 18.1. The van der Waals surface area contributed by atoms with Crippen LogP contribution in [0.3, 0.4) is 0 Å². The number of hydrogen-bond acceptors (Lipinski definition) is 6. The van der Waals surface area contributed by atoms with E-state index in [0.717, 1.165) is 38.5 Å². The van der Waals surface area contributed by atoms with Crippen LogP contribution in [-0.2, 0) is 9.84 Å². The lowest BCUT2D eigenvalue weighted by molar-refractivity contribution is 0.0747. The highest BCUT2D eigenvalue weighted by molar-refractivity contribution is 7.91. The van der Waals surface area contributed by atoms with Gasteiger partial charge in [-0.05, 0) is 25.1 Å². The third-order valence-electron chi connectivity index (χ3n) is 5.21. The maximum absolute atomic E-state index is 12.8. The molecule has 0 radical (unpaired) electrons. The Bertz CT molecular complexity index is 729. The molecule has 0 N–H and O–H groups in total. The number of anilines is 1. The number of likely N-dealkylation sites (N-methyl/N-ethyl adjacent to an activating group) is 1. The number of nitrogens with zero attached hydrogens (tertiary/aromatic N) is 4. The number of rotatable bonds is 4. The average Bonchev–Trinajstić information content (AvgIpc) is 3.00. The molecule has 0 aliphatic carbocycles. The molecule has 2 saturated heterocycles. The molecule has 1 aromatic rings. The highest BCUT2D eigenvalue weighted by atomic mass is 32.2. The van der Waals surface area contributed by atoms with Gasteiger partial charge in [-0.25, -0.2) is 13.4 Å². The van der Waals surface area contributed by atoms with Crippen LogP contribution in [0, 0.1) is 0 Å². The molecule has 1 amide bonds. The monoisotopic (exact) mass is 366 g/mol. The van der Waals surface area contributed by atoms with E-state index in [-0.39, 0.29) is 23.5 Å². The maximum Gasteiger partial charge on any atom is 0.254 e. The quantitative estimate of drug-likeness (QED) is 0.772. The Balaban J connectivity index is 1.70. The molecule has 25 heavy (non-hydrogen) atoms. The van der Waals surface area contributed by atoms with Gasteiger partial charge < -0.3 is 14.7 Å². The van der Waals surface area contributed by atoms with Crippen LogP contribution >= 0.6 is 0 Å². The van der Waals surface area contributed by atoms with Gasteiger partial charge in [-0.1, -0.05) is 6.92 Å². The van der Waals surface area contributed by atoms with E-state index in [0.29, 0.717) is 12.0 Å². The summed E-state index contributed by atoms with van der Waals surface area (Å²) < 4.78 is 23.3. The summed E-state index contributed by atoms with van der Waals surface area (Å²) in [7, 11) is -1.32. The first-order valence-electron chi connectivity index (χ1n) is 8.80. The molecule has 1 aromatic heterocycles. The molecule has 0 saturated carbocycles. The van der Waals surface area contributed by atoms with Gasteiger partial charge in [-0.3, -0.25) is 4.79 Å². The van der Waals surface area contributed by atoms with Crippen LogP contribution in [0.4, 0.5) is 5.82 Å². The normalized spacial score (nSPS) is 23.6. The van der Waals surface area contributed by atoms with Gasteiger partial charge in [0.25, 0.3) is 5.91 Å². The second kappa shape index (κ2) is 7.29. The van der Waals surface area contributed by atoms with Crippen molar-refractivity contribution in [2.45, 2.75) is 19.4 Å². The van der Waals surface area contributed by atoms with Gasteiger partial charge in [0.2, 0.25) is 0 Å². The summed E-state index contributed by atoms with van der Waals surface area (Å²) in [5.41, 5.74) is 0.565. The van der Waals surface area contributed by atoms with Gasteiger partial charge in [-0.15, -0.1) is 0 Å². The lowest BCUT2D eigenvalue weighted by Crippen LogP contribution is -2.46. The first-order chi connectivity index (χ1) is 11.9. The number of pyridine rings is 1. The Labute approximate surface area is 149 Å². The summed E-state index contributed by atoms with van der Waals surface area (Å²) in [5, 5.41) is 0. The number of sulfone groups is 1. The van der Waals surface area contributed by atoms with E-state index >= 15 is 0 Å². The Kier molecular flexibility index (Phi) is 5.29. The fraction of sp³-hybridized carbons (Fsp3) is 0.647. The van der Waals surface area contributed by atoms with E-state index in [9.17, 15) is 13.2 Å². The van der Waals surface area contributed by atoms with Crippen LogP contribution in [0.5, 0.6) is 0 Å². The zero-order valence-electron chi connectivity index (χ0n) is 14.9. The molecule has 1 unspecified atom stereocenters. The molecule has 2 fully saturated rings. The zero-order valence-corrected chi connectivity index (χ0v) is 15.7. The van der Waals surface area contributed by atoms with E-state index in [1.54, 1.807) is 24.2 Å². The second-order valence-corrected chi connectivity index (χ2v) is 9.03. The molecule has 3 rings (SSSR count). The summed E-state index contributed by atoms with van der Waals surface area (Å²) in [6, 6.07) is 3.29. The van der Waals surface area contributed by atoms with Crippen LogP contribution in [-0.4, -0.2) is 86.4 Å². The van der Waals surface area contributed by atoms with Crippen LogP contribution in [0.1, 0.15) is 23.7 Å². The van der Waals surface area contributed by atoms with Crippen molar-refractivity contribution in [2.24, 2.45) is 0 Å². The molecule has 8 heteroatoms. The topological polar surface area (TPSA) is 73.8 Å². The predicted octanol–water partition coefficient (Wildman–Crippen LogP) is 0.483.